The van der Waals surface area contributed by atoms with Gasteiger partial charge < -0.3 is 15.2 Å². The first-order chi connectivity index (χ1) is 7.59. The number of rotatable bonds is 6. The SMILES string of the molecule is CCC1CCC(O)(CNCC(C)OC)CC1. The van der Waals surface area contributed by atoms with Gasteiger partial charge in [-0.1, -0.05) is 13.3 Å². The summed E-state index contributed by atoms with van der Waals surface area (Å²) in [7, 11) is 1.72. The van der Waals surface area contributed by atoms with E-state index in [2.05, 4.69) is 12.2 Å². The molecule has 0 aromatic rings. The van der Waals surface area contributed by atoms with Crippen molar-refractivity contribution in [2.24, 2.45) is 5.92 Å². The van der Waals surface area contributed by atoms with Gasteiger partial charge in [0.1, 0.15) is 0 Å². The molecule has 0 bridgehead atoms. The van der Waals surface area contributed by atoms with Crippen LogP contribution in [0.5, 0.6) is 0 Å². The lowest BCUT2D eigenvalue weighted by atomic mass is 9.78. The number of hydrogen-bond donors (Lipinski definition) is 2. The fourth-order valence-electron chi connectivity index (χ4n) is 2.39. The van der Waals surface area contributed by atoms with Gasteiger partial charge in [-0.15, -0.1) is 0 Å². The first-order valence-electron chi connectivity index (χ1n) is 6.55. The zero-order valence-corrected chi connectivity index (χ0v) is 11.0. The van der Waals surface area contributed by atoms with Gasteiger partial charge in [0, 0.05) is 20.2 Å². The van der Waals surface area contributed by atoms with E-state index in [9.17, 15) is 5.11 Å². The van der Waals surface area contributed by atoms with Crippen molar-refractivity contribution in [3.63, 3.8) is 0 Å². The van der Waals surface area contributed by atoms with Gasteiger partial charge in [0.15, 0.2) is 0 Å². The third-order valence-corrected chi connectivity index (χ3v) is 3.90. The van der Waals surface area contributed by atoms with Crippen molar-refractivity contribution >= 4 is 0 Å². The lowest BCUT2D eigenvalue weighted by Gasteiger charge is -2.36. The van der Waals surface area contributed by atoms with Crippen LogP contribution in [-0.4, -0.2) is 37.0 Å². The van der Waals surface area contributed by atoms with Crippen molar-refractivity contribution in [2.45, 2.75) is 57.7 Å². The second kappa shape index (κ2) is 6.58. The third-order valence-electron chi connectivity index (χ3n) is 3.90. The zero-order valence-electron chi connectivity index (χ0n) is 11.0. The van der Waals surface area contributed by atoms with E-state index in [1.54, 1.807) is 7.11 Å². The number of nitrogens with one attached hydrogen (secondary N) is 1. The fourth-order valence-corrected chi connectivity index (χ4v) is 2.39. The molecule has 0 amide bonds. The summed E-state index contributed by atoms with van der Waals surface area (Å²) in [5, 5.41) is 13.7. The Morgan fingerprint density at radius 2 is 2.06 bits per heavy atom. The maximum absolute atomic E-state index is 10.4. The maximum atomic E-state index is 10.4. The highest BCUT2D eigenvalue weighted by molar-refractivity contribution is 4.87. The molecule has 1 aliphatic carbocycles. The molecule has 0 aromatic carbocycles. The van der Waals surface area contributed by atoms with Crippen molar-refractivity contribution in [1.29, 1.82) is 0 Å². The second-order valence-corrected chi connectivity index (χ2v) is 5.25. The minimum absolute atomic E-state index is 0.218. The van der Waals surface area contributed by atoms with Crippen LogP contribution in [0, 0.1) is 5.92 Å². The predicted octanol–water partition coefficient (Wildman–Crippen LogP) is 1.94. The van der Waals surface area contributed by atoms with E-state index >= 15 is 0 Å². The first kappa shape index (κ1) is 13.9. The van der Waals surface area contributed by atoms with Crippen LogP contribution in [0.25, 0.3) is 0 Å². The molecule has 0 saturated heterocycles. The Morgan fingerprint density at radius 3 is 2.56 bits per heavy atom. The van der Waals surface area contributed by atoms with E-state index in [-0.39, 0.29) is 6.10 Å². The number of ether oxygens (including phenoxy) is 1. The molecule has 1 unspecified atom stereocenters. The highest BCUT2D eigenvalue weighted by Crippen LogP contribution is 2.33. The van der Waals surface area contributed by atoms with E-state index in [0.29, 0.717) is 6.54 Å². The smallest absolute Gasteiger partial charge is 0.0771 e. The van der Waals surface area contributed by atoms with Gasteiger partial charge in [0.2, 0.25) is 0 Å². The Hall–Kier alpha value is -0.120. The van der Waals surface area contributed by atoms with Gasteiger partial charge in [-0.25, -0.2) is 0 Å². The lowest BCUT2D eigenvalue weighted by molar-refractivity contribution is -0.0110. The Kier molecular flexibility index (Phi) is 5.73. The summed E-state index contributed by atoms with van der Waals surface area (Å²) in [5.74, 6) is 0.832. The summed E-state index contributed by atoms with van der Waals surface area (Å²) in [6, 6.07) is 0. The molecule has 2 N–H and O–H groups in total. The maximum Gasteiger partial charge on any atom is 0.0771 e. The summed E-state index contributed by atoms with van der Waals surface area (Å²) < 4.78 is 5.16. The molecule has 0 spiro atoms. The van der Waals surface area contributed by atoms with Crippen molar-refractivity contribution in [2.75, 3.05) is 20.2 Å². The average Bonchev–Trinajstić information content (AvgIpc) is 2.30. The molecule has 1 aliphatic rings. The summed E-state index contributed by atoms with van der Waals surface area (Å²) in [6.45, 7) is 5.80. The molecule has 0 heterocycles. The zero-order chi connectivity index (χ0) is 12.0. The molecular weight excluding hydrogens is 202 g/mol. The van der Waals surface area contributed by atoms with Crippen LogP contribution in [-0.2, 0) is 4.74 Å². The predicted molar refractivity (Wildman–Crippen MR) is 66.5 cm³/mol. The van der Waals surface area contributed by atoms with Crippen molar-refractivity contribution in [3.8, 4) is 0 Å². The summed E-state index contributed by atoms with van der Waals surface area (Å²) in [6.07, 6.45) is 5.71. The quantitative estimate of drug-likeness (QED) is 0.731. The molecule has 1 saturated carbocycles. The molecule has 1 fully saturated rings. The van der Waals surface area contributed by atoms with Crippen LogP contribution < -0.4 is 5.32 Å². The van der Waals surface area contributed by atoms with Gasteiger partial charge >= 0.3 is 0 Å². The van der Waals surface area contributed by atoms with E-state index < -0.39 is 5.60 Å². The molecule has 96 valence electrons. The molecule has 0 aromatic heterocycles. The topological polar surface area (TPSA) is 41.5 Å². The molecule has 1 rings (SSSR count). The van der Waals surface area contributed by atoms with Gasteiger partial charge in [0.05, 0.1) is 11.7 Å². The molecule has 16 heavy (non-hydrogen) atoms. The van der Waals surface area contributed by atoms with Crippen LogP contribution in [0.2, 0.25) is 0 Å². The Balaban J connectivity index is 2.20. The summed E-state index contributed by atoms with van der Waals surface area (Å²) in [4.78, 5) is 0. The van der Waals surface area contributed by atoms with Crippen LogP contribution in [0.3, 0.4) is 0 Å². The van der Waals surface area contributed by atoms with Crippen molar-refractivity contribution < 1.29 is 9.84 Å². The Morgan fingerprint density at radius 1 is 1.44 bits per heavy atom. The van der Waals surface area contributed by atoms with Crippen LogP contribution in [0.4, 0.5) is 0 Å². The minimum atomic E-state index is -0.473. The van der Waals surface area contributed by atoms with Crippen LogP contribution >= 0.6 is 0 Å². The molecule has 1 atom stereocenters. The third kappa shape index (κ3) is 4.40. The van der Waals surface area contributed by atoms with Gasteiger partial charge in [-0.2, -0.15) is 0 Å². The van der Waals surface area contributed by atoms with E-state index in [1.165, 1.54) is 19.3 Å². The first-order valence-corrected chi connectivity index (χ1v) is 6.55. The van der Waals surface area contributed by atoms with E-state index in [0.717, 1.165) is 25.3 Å². The van der Waals surface area contributed by atoms with Crippen molar-refractivity contribution in [3.05, 3.63) is 0 Å². The minimum Gasteiger partial charge on any atom is -0.389 e. The number of methoxy groups -OCH3 is 1. The lowest BCUT2D eigenvalue weighted by Crippen LogP contribution is -2.45. The van der Waals surface area contributed by atoms with Crippen LogP contribution in [0.1, 0.15) is 46.0 Å². The average molecular weight is 229 g/mol. The number of aliphatic hydroxyl groups is 1. The van der Waals surface area contributed by atoms with E-state index in [4.69, 9.17) is 4.74 Å². The summed E-state index contributed by atoms with van der Waals surface area (Å²) in [5.41, 5.74) is -0.473. The fraction of sp³-hybridized carbons (Fsp3) is 1.00. The largest absolute Gasteiger partial charge is 0.389 e. The molecule has 3 nitrogen and oxygen atoms in total. The highest BCUT2D eigenvalue weighted by Gasteiger charge is 2.32. The Labute approximate surface area is 99.6 Å². The van der Waals surface area contributed by atoms with Gasteiger partial charge in [-0.05, 0) is 38.5 Å². The Bertz CT molecular complexity index is 188. The van der Waals surface area contributed by atoms with Crippen LogP contribution in [0.15, 0.2) is 0 Å². The molecule has 0 radical (unpaired) electrons. The molecule has 3 heteroatoms. The van der Waals surface area contributed by atoms with E-state index in [1.807, 2.05) is 6.92 Å². The van der Waals surface area contributed by atoms with Crippen molar-refractivity contribution in [1.82, 2.24) is 5.32 Å². The van der Waals surface area contributed by atoms with Gasteiger partial charge in [-0.3, -0.25) is 0 Å². The molecule has 0 aliphatic heterocycles. The number of hydrogen-bond acceptors (Lipinski definition) is 3. The highest BCUT2D eigenvalue weighted by atomic mass is 16.5. The molecular formula is C13H27NO2. The standard InChI is InChI=1S/C13H27NO2/c1-4-12-5-7-13(15,8-6-12)10-14-9-11(2)16-3/h11-12,14-15H,4-10H2,1-3H3. The van der Waals surface area contributed by atoms with Gasteiger partial charge in [0.25, 0.3) is 0 Å². The monoisotopic (exact) mass is 229 g/mol. The summed E-state index contributed by atoms with van der Waals surface area (Å²) >= 11 is 0. The second-order valence-electron chi connectivity index (χ2n) is 5.25. The normalized spacial score (nSPS) is 32.6.